The van der Waals surface area contributed by atoms with Gasteiger partial charge in [-0.3, -0.25) is 4.99 Å². The molecule has 18 heavy (non-hydrogen) atoms. The van der Waals surface area contributed by atoms with Crippen molar-refractivity contribution in [3.8, 4) is 11.8 Å². The van der Waals surface area contributed by atoms with Gasteiger partial charge in [-0.1, -0.05) is 32.4 Å². The van der Waals surface area contributed by atoms with Gasteiger partial charge in [-0.15, -0.1) is 5.92 Å². The van der Waals surface area contributed by atoms with Gasteiger partial charge in [0.05, 0.1) is 0 Å². The summed E-state index contributed by atoms with van der Waals surface area (Å²) >= 11 is 0. The van der Waals surface area contributed by atoms with E-state index in [1.165, 1.54) is 32.5 Å². The Balaban J connectivity index is 2.17. The van der Waals surface area contributed by atoms with Crippen LogP contribution in [-0.2, 0) is 0 Å². The minimum Gasteiger partial charge on any atom is -0.303 e. The molecule has 0 amide bonds. The second-order valence-corrected chi connectivity index (χ2v) is 5.33. The third kappa shape index (κ3) is 6.61. The van der Waals surface area contributed by atoms with E-state index in [-0.39, 0.29) is 0 Å². The first-order valence-corrected chi connectivity index (χ1v) is 7.04. The van der Waals surface area contributed by atoms with Gasteiger partial charge in [0.2, 0.25) is 0 Å². The molecule has 1 rings (SSSR count). The van der Waals surface area contributed by atoms with E-state index in [2.05, 4.69) is 42.2 Å². The molecule has 1 aliphatic heterocycles. The van der Waals surface area contributed by atoms with Crippen molar-refractivity contribution in [1.82, 2.24) is 4.90 Å². The fourth-order valence-electron chi connectivity index (χ4n) is 2.26. The second-order valence-electron chi connectivity index (χ2n) is 5.33. The Kier molecular flexibility index (Phi) is 7.44. The number of likely N-dealkylation sites (tertiary alicyclic amines) is 1. The predicted molar refractivity (Wildman–Crippen MR) is 80.0 cm³/mol. The molecule has 0 bridgehead atoms. The molecule has 0 unspecified atom stereocenters. The predicted octanol–water partition coefficient (Wildman–Crippen LogP) is 3.00. The molecular formula is C16H26N2. The van der Waals surface area contributed by atoms with Crippen LogP contribution >= 0.6 is 0 Å². The molecule has 1 heterocycles. The summed E-state index contributed by atoms with van der Waals surface area (Å²) in [6.07, 6.45) is 6.78. The van der Waals surface area contributed by atoms with Crippen LogP contribution in [0.5, 0.6) is 0 Å². The fourth-order valence-corrected chi connectivity index (χ4v) is 2.26. The number of nitrogens with zero attached hydrogens (tertiary/aromatic N) is 2. The molecule has 0 saturated carbocycles. The summed E-state index contributed by atoms with van der Waals surface area (Å²) in [6.45, 7) is 12.6. The van der Waals surface area contributed by atoms with Crippen molar-refractivity contribution in [2.75, 3.05) is 26.2 Å². The number of allylic oxidation sites excluding steroid dienone is 1. The summed E-state index contributed by atoms with van der Waals surface area (Å²) in [6, 6.07) is 0. The lowest BCUT2D eigenvalue weighted by Crippen LogP contribution is -2.35. The van der Waals surface area contributed by atoms with E-state index in [9.17, 15) is 0 Å². The summed E-state index contributed by atoms with van der Waals surface area (Å²) in [5.41, 5.74) is 0. The molecule has 1 aliphatic rings. The smallest absolute Gasteiger partial charge is 0.0498 e. The molecule has 1 fully saturated rings. The quantitative estimate of drug-likeness (QED) is 0.414. The van der Waals surface area contributed by atoms with E-state index in [0.717, 1.165) is 18.9 Å². The number of hydrogen-bond donors (Lipinski definition) is 0. The molecule has 0 N–H and O–H groups in total. The molecule has 2 nitrogen and oxygen atoms in total. The highest BCUT2D eigenvalue weighted by atomic mass is 15.1. The molecule has 0 atom stereocenters. The van der Waals surface area contributed by atoms with Gasteiger partial charge in [-0.05, 0) is 31.8 Å². The third-order valence-corrected chi connectivity index (χ3v) is 3.09. The first-order chi connectivity index (χ1) is 8.72. The number of rotatable bonds is 5. The van der Waals surface area contributed by atoms with Crippen molar-refractivity contribution in [3.05, 3.63) is 12.7 Å². The van der Waals surface area contributed by atoms with Crippen LogP contribution in [0.15, 0.2) is 17.6 Å². The summed E-state index contributed by atoms with van der Waals surface area (Å²) in [5, 5.41) is 0. The van der Waals surface area contributed by atoms with Gasteiger partial charge < -0.3 is 4.90 Å². The maximum absolute atomic E-state index is 4.16. The minimum absolute atomic E-state index is 0.608. The van der Waals surface area contributed by atoms with Gasteiger partial charge in [0.15, 0.2) is 0 Å². The van der Waals surface area contributed by atoms with Gasteiger partial charge in [0, 0.05) is 31.6 Å². The van der Waals surface area contributed by atoms with Crippen molar-refractivity contribution in [1.29, 1.82) is 0 Å². The first kappa shape index (κ1) is 15.0. The van der Waals surface area contributed by atoms with E-state index in [1.807, 2.05) is 0 Å². The molecule has 0 radical (unpaired) electrons. The summed E-state index contributed by atoms with van der Waals surface area (Å²) in [7, 11) is 0. The standard InChI is InChI=1S/C16H26N2/c1-4-10-17-11-6-5-7-16-8-12-18(13-9-16)14-15(2)3/h4,10,15-16H,1,6,8-9,11-14H2,2-3H3/b17-10-. The Morgan fingerprint density at radius 1 is 1.39 bits per heavy atom. The Labute approximate surface area is 112 Å². The van der Waals surface area contributed by atoms with Crippen LogP contribution in [0, 0.1) is 23.7 Å². The molecule has 1 saturated heterocycles. The highest BCUT2D eigenvalue weighted by Gasteiger charge is 2.17. The fraction of sp³-hybridized carbons (Fsp3) is 0.688. The molecule has 2 heteroatoms. The third-order valence-electron chi connectivity index (χ3n) is 3.09. The monoisotopic (exact) mass is 246 g/mol. The topological polar surface area (TPSA) is 15.6 Å². The Morgan fingerprint density at radius 2 is 2.11 bits per heavy atom. The van der Waals surface area contributed by atoms with Crippen LogP contribution < -0.4 is 0 Å². The highest BCUT2D eigenvalue weighted by Crippen LogP contribution is 2.17. The maximum atomic E-state index is 4.16. The van der Waals surface area contributed by atoms with Gasteiger partial charge in [-0.25, -0.2) is 0 Å². The van der Waals surface area contributed by atoms with Crippen LogP contribution in [0.4, 0.5) is 0 Å². The van der Waals surface area contributed by atoms with E-state index in [1.54, 1.807) is 12.3 Å². The highest BCUT2D eigenvalue weighted by molar-refractivity contribution is 5.69. The van der Waals surface area contributed by atoms with Crippen LogP contribution in [0.2, 0.25) is 0 Å². The Hall–Kier alpha value is -1.07. The molecule has 0 aromatic carbocycles. The molecule has 100 valence electrons. The zero-order valence-electron chi connectivity index (χ0n) is 11.9. The summed E-state index contributed by atoms with van der Waals surface area (Å²) < 4.78 is 0. The zero-order valence-corrected chi connectivity index (χ0v) is 11.9. The van der Waals surface area contributed by atoms with Crippen molar-refractivity contribution >= 4 is 6.21 Å². The van der Waals surface area contributed by atoms with E-state index < -0.39 is 0 Å². The second kappa shape index (κ2) is 8.94. The number of aliphatic imine (C=N–C) groups is 1. The van der Waals surface area contributed by atoms with E-state index >= 15 is 0 Å². The van der Waals surface area contributed by atoms with Crippen molar-refractivity contribution in [2.24, 2.45) is 16.8 Å². The zero-order chi connectivity index (χ0) is 13.2. The summed E-state index contributed by atoms with van der Waals surface area (Å²) in [4.78, 5) is 6.73. The van der Waals surface area contributed by atoms with Crippen molar-refractivity contribution in [2.45, 2.75) is 33.1 Å². The van der Waals surface area contributed by atoms with Crippen LogP contribution in [0.25, 0.3) is 0 Å². The number of piperidine rings is 1. The molecular weight excluding hydrogens is 220 g/mol. The lowest BCUT2D eigenvalue weighted by atomic mass is 9.96. The largest absolute Gasteiger partial charge is 0.303 e. The van der Waals surface area contributed by atoms with Gasteiger partial charge in [-0.2, -0.15) is 0 Å². The molecule has 0 aromatic heterocycles. The van der Waals surface area contributed by atoms with E-state index in [4.69, 9.17) is 0 Å². The normalized spacial score (nSPS) is 17.9. The van der Waals surface area contributed by atoms with Gasteiger partial charge >= 0.3 is 0 Å². The van der Waals surface area contributed by atoms with Crippen LogP contribution in [0.1, 0.15) is 33.1 Å². The van der Waals surface area contributed by atoms with Crippen LogP contribution in [0.3, 0.4) is 0 Å². The Bertz CT molecular complexity index is 312. The van der Waals surface area contributed by atoms with Crippen molar-refractivity contribution < 1.29 is 0 Å². The van der Waals surface area contributed by atoms with Crippen LogP contribution in [-0.4, -0.2) is 37.3 Å². The van der Waals surface area contributed by atoms with Crippen molar-refractivity contribution in [3.63, 3.8) is 0 Å². The Morgan fingerprint density at radius 3 is 2.72 bits per heavy atom. The first-order valence-electron chi connectivity index (χ1n) is 7.04. The maximum Gasteiger partial charge on any atom is 0.0498 e. The molecule has 0 aromatic rings. The van der Waals surface area contributed by atoms with E-state index in [0.29, 0.717) is 5.92 Å². The lowest BCUT2D eigenvalue weighted by Gasteiger charge is -2.30. The number of hydrogen-bond acceptors (Lipinski definition) is 2. The molecule has 0 spiro atoms. The minimum atomic E-state index is 0.608. The SMILES string of the molecule is C=C/C=N\CCC#CC1CCN(CC(C)C)CC1. The summed E-state index contributed by atoms with van der Waals surface area (Å²) in [5.74, 6) is 8.03. The lowest BCUT2D eigenvalue weighted by molar-refractivity contribution is 0.187. The average Bonchev–Trinajstić information content (AvgIpc) is 2.35. The average molecular weight is 246 g/mol. The molecule has 0 aliphatic carbocycles. The van der Waals surface area contributed by atoms with Gasteiger partial charge in [0.25, 0.3) is 0 Å². The van der Waals surface area contributed by atoms with Gasteiger partial charge in [0.1, 0.15) is 0 Å².